The number of methoxy groups -OCH3 is 2. The standard InChI is InChI=1S/C19H34N4O2/c1-8-20-18(22-14-19(2,3)25-7)21-13-17(23(4)5)15-10-9-11-16(12-15)24-6/h9-12,17H,8,13-14H2,1-7H3,(H2,20,21,22). The van der Waals surface area contributed by atoms with Crippen LogP contribution in [0.1, 0.15) is 32.4 Å². The second-order valence-corrected chi connectivity index (χ2v) is 6.80. The number of nitrogens with zero attached hydrogens (tertiary/aromatic N) is 2. The van der Waals surface area contributed by atoms with Crippen molar-refractivity contribution >= 4 is 5.96 Å². The number of guanidine groups is 1. The van der Waals surface area contributed by atoms with Crippen LogP contribution in [-0.2, 0) is 4.74 Å². The van der Waals surface area contributed by atoms with Crippen LogP contribution in [0, 0.1) is 0 Å². The first kappa shape index (κ1) is 21.3. The summed E-state index contributed by atoms with van der Waals surface area (Å²) in [5, 5.41) is 6.72. The predicted molar refractivity (Wildman–Crippen MR) is 104 cm³/mol. The zero-order valence-corrected chi connectivity index (χ0v) is 16.7. The number of hydrogen-bond acceptors (Lipinski definition) is 4. The summed E-state index contributed by atoms with van der Waals surface area (Å²) in [6, 6.07) is 8.37. The van der Waals surface area contributed by atoms with Gasteiger partial charge in [-0.3, -0.25) is 4.99 Å². The normalized spacial score (nSPS) is 13.7. The molecule has 0 saturated carbocycles. The van der Waals surface area contributed by atoms with Gasteiger partial charge in [-0.05, 0) is 52.6 Å². The van der Waals surface area contributed by atoms with Crippen molar-refractivity contribution < 1.29 is 9.47 Å². The van der Waals surface area contributed by atoms with Crippen molar-refractivity contribution in [3.8, 4) is 5.75 Å². The molecule has 0 aromatic heterocycles. The molecule has 25 heavy (non-hydrogen) atoms. The van der Waals surface area contributed by atoms with Crippen molar-refractivity contribution in [1.29, 1.82) is 0 Å². The highest BCUT2D eigenvalue weighted by Crippen LogP contribution is 2.22. The summed E-state index contributed by atoms with van der Waals surface area (Å²) in [6.07, 6.45) is 0. The third-order valence-corrected chi connectivity index (χ3v) is 4.08. The summed E-state index contributed by atoms with van der Waals surface area (Å²) >= 11 is 0. The molecule has 0 bridgehead atoms. The van der Waals surface area contributed by atoms with Crippen molar-refractivity contribution in [3.63, 3.8) is 0 Å². The number of nitrogens with one attached hydrogen (secondary N) is 2. The lowest BCUT2D eigenvalue weighted by atomic mass is 10.1. The summed E-state index contributed by atoms with van der Waals surface area (Å²) in [5.74, 6) is 1.66. The van der Waals surface area contributed by atoms with Crippen LogP contribution in [0.4, 0.5) is 0 Å². The predicted octanol–water partition coefficient (Wildman–Crippen LogP) is 2.28. The van der Waals surface area contributed by atoms with Crippen LogP contribution < -0.4 is 15.4 Å². The summed E-state index contributed by atoms with van der Waals surface area (Å²) < 4.78 is 10.8. The smallest absolute Gasteiger partial charge is 0.191 e. The minimum Gasteiger partial charge on any atom is -0.497 e. The molecule has 0 spiro atoms. The zero-order chi connectivity index (χ0) is 18.9. The van der Waals surface area contributed by atoms with Crippen LogP contribution >= 0.6 is 0 Å². The van der Waals surface area contributed by atoms with Gasteiger partial charge in [0.05, 0.1) is 25.3 Å². The van der Waals surface area contributed by atoms with Crippen molar-refractivity contribution in [2.75, 3.05) is 47.9 Å². The van der Waals surface area contributed by atoms with Gasteiger partial charge < -0.3 is 25.0 Å². The van der Waals surface area contributed by atoms with Gasteiger partial charge in [-0.2, -0.15) is 0 Å². The van der Waals surface area contributed by atoms with Gasteiger partial charge in [-0.15, -0.1) is 0 Å². The summed E-state index contributed by atoms with van der Waals surface area (Å²) in [6.45, 7) is 8.25. The lowest BCUT2D eigenvalue weighted by Gasteiger charge is -2.27. The van der Waals surface area contributed by atoms with Crippen molar-refractivity contribution in [1.82, 2.24) is 15.5 Å². The summed E-state index contributed by atoms with van der Waals surface area (Å²) in [5.41, 5.74) is 0.917. The molecule has 6 nitrogen and oxygen atoms in total. The minimum atomic E-state index is -0.282. The largest absolute Gasteiger partial charge is 0.497 e. The molecule has 1 aromatic rings. The van der Waals surface area contributed by atoms with E-state index in [-0.39, 0.29) is 11.6 Å². The Morgan fingerprint density at radius 2 is 1.96 bits per heavy atom. The number of aliphatic imine (C=N–C) groups is 1. The number of ether oxygens (including phenoxy) is 2. The molecular weight excluding hydrogens is 316 g/mol. The van der Waals surface area contributed by atoms with Crippen molar-refractivity contribution in [2.24, 2.45) is 4.99 Å². The zero-order valence-electron chi connectivity index (χ0n) is 16.7. The Kier molecular flexibility index (Phi) is 8.72. The van der Waals surface area contributed by atoms with Gasteiger partial charge >= 0.3 is 0 Å². The van der Waals surface area contributed by atoms with E-state index >= 15 is 0 Å². The molecule has 2 N–H and O–H groups in total. The highest BCUT2D eigenvalue weighted by atomic mass is 16.5. The Hall–Kier alpha value is -1.79. The monoisotopic (exact) mass is 350 g/mol. The van der Waals surface area contributed by atoms with E-state index in [0.717, 1.165) is 24.8 Å². The quantitative estimate of drug-likeness (QED) is 0.529. The lowest BCUT2D eigenvalue weighted by molar-refractivity contribution is 0.0310. The van der Waals surface area contributed by atoms with Gasteiger partial charge in [0.1, 0.15) is 5.75 Å². The van der Waals surface area contributed by atoms with E-state index in [2.05, 4.69) is 53.7 Å². The topological polar surface area (TPSA) is 58.1 Å². The van der Waals surface area contributed by atoms with Gasteiger partial charge in [0, 0.05) is 20.2 Å². The highest BCUT2D eigenvalue weighted by molar-refractivity contribution is 5.79. The average molecular weight is 351 g/mol. The molecular formula is C19H34N4O2. The Labute approximate surface area is 152 Å². The Morgan fingerprint density at radius 3 is 2.52 bits per heavy atom. The average Bonchev–Trinajstić information content (AvgIpc) is 2.59. The van der Waals surface area contributed by atoms with Gasteiger partial charge in [0.25, 0.3) is 0 Å². The molecule has 0 aliphatic carbocycles. The van der Waals surface area contributed by atoms with Crippen molar-refractivity contribution in [3.05, 3.63) is 29.8 Å². The van der Waals surface area contributed by atoms with Crippen LogP contribution in [0.15, 0.2) is 29.3 Å². The van der Waals surface area contributed by atoms with Crippen LogP contribution in [0.25, 0.3) is 0 Å². The molecule has 0 saturated heterocycles. The summed E-state index contributed by atoms with van der Waals surface area (Å²) in [4.78, 5) is 6.83. The molecule has 0 amide bonds. The number of rotatable bonds is 9. The third-order valence-electron chi connectivity index (χ3n) is 4.08. The van der Waals surface area contributed by atoms with E-state index in [4.69, 9.17) is 9.47 Å². The molecule has 0 radical (unpaired) electrons. The van der Waals surface area contributed by atoms with Crippen LogP contribution in [0.3, 0.4) is 0 Å². The van der Waals surface area contributed by atoms with Crippen molar-refractivity contribution in [2.45, 2.75) is 32.4 Å². The van der Waals surface area contributed by atoms with E-state index in [1.54, 1.807) is 14.2 Å². The molecule has 142 valence electrons. The fraction of sp³-hybridized carbons (Fsp3) is 0.632. The van der Waals surface area contributed by atoms with Gasteiger partial charge in [-0.25, -0.2) is 0 Å². The van der Waals surface area contributed by atoms with Crippen LogP contribution in [-0.4, -0.2) is 64.4 Å². The molecule has 1 unspecified atom stereocenters. The molecule has 0 fully saturated rings. The van der Waals surface area contributed by atoms with Crippen LogP contribution in [0.5, 0.6) is 5.75 Å². The first-order valence-electron chi connectivity index (χ1n) is 8.70. The van der Waals surface area contributed by atoms with Gasteiger partial charge in [0.2, 0.25) is 0 Å². The summed E-state index contributed by atoms with van der Waals surface area (Å²) in [7, 11) is 7.55. The molecule has 1 aromatic carbocycles. The van der Waals surface area contributed by atoms with Crippen LogP contribution in [0.2, 0.25) is 0 Å². The highest BCUT2D eigenvalue weighted by Gasteiger charge is 2.18. The molecule has 6 heteroatoms. The second kappa shape index (κ2) is 10.3. The molecule has 0 aliphatic heterocycles. The lowest BCUT2D eigenvalue weighted by Crippen LogP contribution is -2.42. The maximum Gasteiger partial charge on any atom is 0.191 e. The maximum atomic E-state index is 5.44. The first-order chi connectivity index (χ1) is 11.8. The fourth-order valence-electron chi connectivity index (χ4n) is 2.32. The molecule has 1 rings (SSSR count). The molecule has 0 aliphatic rings. The van der Waals surface area contributed by atoms with E-state index in [1.807, 2.05) is 26.0 Å². The maximum absolute atomic E-state index is 5.44. The van der Waals surface area contributed by atoms with E-state index < -0.39 is 0 Å². The van der Waals surface area contributed by atoms with E-state index in [1.165, 1.54) is 5.56 Å². The molecule has 1 atom stereocenters. The SMILES string of the molecule is CCNC(=NCC(C)(C)OC)NCC(c1cccc(OC)c1)N(C)C. The first-order valence-corrected chi connectivity index (χ1v) is 8.70. The van der Waals surface area contributed by atoms with Gasteiger partial charge in [-0.1, -0.05) is 12.1 Å². The Balaban J connectivity index is 2.83. The minimum absolute atomic E-state index is 0.203. The Bertz CT molecular complexity index is 544. The number of benzene rings is 1. The fourth-order valence-corrected chi connectivity index (χ4v) is 2.32. The number of likely N-dealkylation sites (N-methyl/N-ethyl adjacent to an activating group) is 1. The Morgan fingerprint density at radius 1 is 1.24 bits per heavy atom. The molecule has 0 heterocycles. The second-order valence-electron chi connectivity index (χ2n) is 6.80. The van der Waals surface area contributed by atoms with E-state index in [9.17, 15) is 0 Å². The van der Waals surface area contributed by atoms with Gasteiger partial charge in [0.15, 0.2) is 5.96 Å². The number of hydrogen-bond donors (Lipinski definition) is 2. The third kappa shape index (κ3) is 7.32. The van der Waals surface area contributed by atoms with E-state index in [0.29, 0.717) is 6.54 Å².